The topological polar surface area (TPSA) is 48.5 Å². The van der Waals surface area contributed by atoms with Crippen molar-refractivity contribution in [1.29, 1.82) is 0 Å². The van der Waals surface area contributed by atoms with Crippen molar-refractivity contribution in [1.82, 2.24) is 15.2 Å². The van der Waals surface area contributed by atoms with Gasteiger partial charge in [0, 0.05) is 39.4 Å². The Morgan fingerprint density at radius 1 is 1.31 bits per heavy atom. The number of nitrogens with one attached hydrogen (secondary N) is 1. The summed E-state index contributed by atoms with van der Waals surface area (Å²) in [6, 6.07) is 10.6. The predicted octanol–water partition coefficient (Wildman–Crippen LogP) is 3.20. The van der Waals surface area contributed by atoms with Crippen molar-refractivity contribution in [2.45, 2.75) is 31.8 Å². The SMILES string of the molecule is CN(C)c1cc(CNC(=O)N2CCCC2Cc2cccc(F)c2)ccn1. The maximum Gasteiger partial charge on any atom is 0.317 e. The van der Waals surface area contributed by atoms with Crippen molar-refractivity contribution in [2.24, 2.45) is 0 Å². The van der Waals surface area contributed by atoms with Gasteiger partial charge in [-0.25, -0.2) is 14.2 Å². The number of urea groups is 1. The molecule has 6 heteroatoms. The molecule has 1 saturated heterocycles. The van der Waals surface area contributed by atoms with E-state index in [1.807, 2.05) is 42.1 Å². The molecule has 0 saturated carbocycles. The van der Waals surface area contributed by atoms with Crippen LogP contribution in [0.4, 0.5) is 15.0 Å². The van der Waals surface area contributed by atoms with Crippen LogP contribution in [0.15, 0.2) is 42.6 Å². The predicted molar refractivity (Wildman–Crippen MR) is 101 cm³/mol. The second-order valence-corrected chi connectivity index (χ2v) is 6.90. The van der Waals surface area contributed by atoms with E-state index < -0.39 is 0 Å². The molecule has 0 spiro atoms. The summed E-state index contributed by atoms with van der Waals surface area (Å²) in [5.74, 6) is 0.632. The molecule has 1 N–H and O–H groups in total. The lowest BCUT2D eigenvalue weighted by molar-refractivity contribution is 0.192. The molecule has 1 aliphatic rings. The Bertz CT molecular complexity index is 765. The summed E-state index contributed by atoms with van der Waals surface area (Å²) in [6.07, 6.45) is 4.36. The number of hydrogen-bond donors (Lipinski definition) is 1. The highest BCUT2D eigenvalue weighted by atomic mass is 19.1. The smallest absolute Gasteiger partial charge is 0.317 e. The van der Waals surface area contributed by atoms with Gasteiger partial charge in [-0.15, -0.1) is 0 Å². The molecule has 2 aromatic rings. The molecule has 1 unspecified atom stereocenters. The number of amides is 2. The summed E-state index contributed by atoms with van der Waals surface area (Å²) < 4.78 is 13.4. The fourth-order valence-corrected chi connectivity index (χ4v) is 3.35. The summed E-state index contributed by atoms with van der Waals surface area (Å²) >= 11 is 0. The van der Waals surface area contributed by atoms with Crippen LogP contribution in [0, 0.1) is 5.82 Å². The molecule has 1 atom stereocenters. The lowest BCUT2D eigenvalue weighted by atomic mass is 10.0. The number of likely N-dealkylation sites (tertiary alicyclic amines) is 1. The summed E-state index contributed by atoms with van der Waals surface area (Å²) in [7, 11) is 3.87. The zero-order valence-electron chi connectivity index (χ0n) is 15.3. The fraction of sp³-hybridized carbons (Fsp3) is 0.400. The fourth-order valence-electron chi connectivity index (χ4n) is 3.35. The van der Waals surface area contributed by atoms with Crippen LogP contribution in [0.25, 0.3) is 0 Å². The first-order chi connectivity index (χ1) is 12.5. The molecule has 1 aromatic heterocycles. The number of halogens is 1. The monoisotopic (exact) mass is 356 g/mol. The van der Waals surface area contributed by atoms with Crippen LogP contribution in [0.3, 0.4) is 0 Å². The van der Waals surface area contributed by atoms with E-state index in [1.54, 1.807) is 18.3 Å². The molecule has 0 bridgehead atoms. The van der Waals surface area contributed by atoms with Gasteiger partial charge in [-0.05, 0) is 54.7 Å². The number of nitrogens with zero attached hydrogens (tertiary/aromatic N) is 3. The van der Waals surface area contributed by atoms with Gasteiger partial charge in [0.05, 0.1) is 0 Å². The first-order valence-corrected chi connectivity index (χ1v) is 8.94. The van der Waals surface area contributed by atoms with E-state index in [0.717, 1.165) is 36.3 Å². The van der Waals surface area contributed by atoms with Gasteiger partial charge in [0.15, 0.2) is 0 Å². The Kier molecular flexibility index (Phi) is 5.71. The summed E-state index contributed by atoms with van der Waals surface area (Å²) in [5, 5.41) is 3.00. The van der Waals surface area contributed by atoms with Crippen LogP contribution in [0.2, 0.25) is 0 Å². The highest BCUT2D eigenvalue weighted by molar-refractivity contribution is 5.75. The first kappa shape index (κ1) is 18.2. The van der Waals surface area contributed by atoms with Gasteiger partial charge in [0.25, 0.3) is 0 Å². The second-order valence-electron chi connectivity index (χ2n) is 6.90. The number of rotatable bonds is 5. The van der Waals surface area contributed by atoms with Gasteiger partial charge in [-0.3, -0.25) is 0 Å². The average molecular weight is 356 g/mol. The third-order valence-electron chi connectivity index (χ3n) is 4.71. The molecule has 26 heavy (non-hydrogen) atoms. The standard InChI is InChI=1S/C20H25FN4O/c1-24(2)19-13-16(8-9-22-19)14-23-20(26)25-10-4-7-18(25)12-15-5-3-6-17(21)11-15/h3,5-6,8-9,11,13,18H,4,7,10,12,14H2,1-2H3,(H,23,26). The van der Waals surface area contributed by atoms with Crippen LogP contribution in [0.5, 0.6) is 0 Å². The minimum Gasteiger partial charge on any atom is -0.363 e. The van der Waals surface area contributed by atoms with Gasteiger partial charge >= 0.3 is 6.03 Å². The van der Waals surface area contributed by atoms with Crippen LogP contribution in [-0.2, 0) is 13.0 Å². The van der Waals surface area contributed by atoms with E-state index >= 15 is 0 Å². The Morgan fingerprint density at radius 3 is 2.92 bits per heavy atom. The van der Waals surface area contributed by atoms with Crippen LogP contribution < -0.4 is 10.2 Å². The third kappa shape index (κ3) is 4.50. The van der Waals surface area contributed by atoms with E-state index in [-0.39, 0.29) is 17.9 Å². The minimum atomic E-state index is -0.231. The van der Waals surface area contributed by atoms with Gasteiger partial charge in [-0.1, -0.05) is 12.1 Å². The average Bonchev–Trinajstić information content (AvgIpc) is 3.08. The van der Waals surface area contributed by atoms with Gasteiger partial charge in [0.1, 0.15) is 11.6 Å². The normalized spacial score (nSPS) is 16.6. The van der Waals surface area contributed by atoms with Crippen molar-refractivity contribution in [3.05, 3.63) is 59.5 Å². The van der Waals surface area contributed by atoms with E-state index in [0.29, 0.717) is 13.0 Å². The second kappa shape index (κ2) is 8.17. The Morgan fingerprint density at radius 2 is 2.15 bits per heavy atom. The largest absolute Gasteiger partial charge is 0.363 e. The first-order valence-electron chi connectivity index (χ1n) is 8.94. The highest BCUT2D eigenvalue weighted by Gasteiger charge is 2.28. The summed E-state index contributed by atoms with van der Waals surface area (Å²) in [5.41, 5.74) is 1.94. The molecule has 2 amide bonds. The maximum absolute atomic E-state index is 13.4. The molecule has 5 nitrogen and oxygen atoms in total. The zero-order valence-corrected chi connectivity index (χ0v) is 15.3. The molecule has 0 radical (unpaired) electrons. The lowest BCUT2D eigenvalue weighted by Gasteiger charge is -2.25. The van der Waals surface area contributed by atoms with Crippen molar-refractivity contribution in [2.75, 3.05) is 25.5 Å². The quantitative estimate of drug-likeness (QED) is 0.895. The van der Waals surface area contributed by atoms with Crippen LogP contribution >= 0.6 is 0 Å². The number of benzene rings is 1. The number of carbonyl (C=O) groups is 1. The molecular weight excluding hydrogens is 331 g/mol. The van der Waals surface area contributed by atoms with Crippen molar-refractivity contribution >= 4 is 11.8 Å². The lowest BCUT2D eigenvalue weighted by Crippen LogP contribution is -2.43. The van der Waals surface area contributed by atoms with E-state index in [4.69, 9.17) is 0 Å². The minimum absolute atomic E-state index is 0.0629. The number of pyridine rings is 1. The van der Waals surface area contributed by atoms with Crippen molar-refractivity contribution in [3.8, 4) is 0 Å². The summed E-state index contributed by atoms with van der Waals surface area (Å²) in [6.45, 7) is 1.20. The van der Waals surface area contributed by atoms with E-state index in [1.165, 1.54) is 6.07 Å². The Hall–Kier alpha value is -2.63. The zero-order chi connectivity index (χ0) is 18.5. The molecule has 3 rings (SSSR count). The number of hydrogen-bond acceptors (Lipinski definition) is 3. The highest BCUT2D eigenvalue weighted by Crippen LogP contribution is 2.22. The third-order valence-corrected chi connectivity index (χ3v) is 4.71. The molecule has 1 fully saturated rings. The molecule has 138 valence electrons. The van der Waals surface area contributed by atoms with Crippen molar-refractivity contribution in [3.63, 3.8) is 0 Å². The van der Waals surface area contributed by atoms with Gasteiger partial charge < -0.3 is 15.1 Å². The van der Waals surface area contributed by atoms with Crippen molar-refractivity contribution < 1.29 is 9.18 Å². The molecular formula is C20H25FN4O. The number of aromatic nitrogens is 1. The Balaban J connectivity index is 1.59. The summed E-state index contributed by atoms with van der Waals surface area (Å²) in [4.78, 5) is 20.7. The van der Waals surface area contributed by atoms with Gasteiger partial charge in [-0.2, -0.15) is 0 Å². The van der Waals surface area contributed by atoms with E-state index in [9.17, 15) is 9.18 Å². The van der Waals surface area contributed by atoms with Crippen LogP contribution in [-0.4, -0.2) is 42.6 Å². The van der Waals surface area contributed by atoms with Crippen LogP contribution in [0.1, 0.15) is 24.0 Å². The molecule has 1 aliphatic heterocycles. The maximum atomic E-state index is 13.4. The Labute approximate surface area is 153 Å². The molecule has 1 aromatic carbocycles. The number of carbonyl (C=O) groups excluding carboxylic acids is 1. The molecule has 0 aliphatic carbocycles. The van der Waals surface area contributed by atoms with E-state index in [2.05, 4.69) is 10.3 Å². The van der Waals surface area contributed by atoms with Gasteiger partial charge in [0.2, 0.25) is 0 Å². The number of anilines is 1. The molecule has 2 heterocycles.